The van der Waals surface area contributed by atoms with Gasteiger partial charge in [0.05, 0.1) is 9.85 Å². The quantitative estimate of drug-likeness (QED) is 0.0404. The van der Waals surface area contributed by atoms with Gasteiger partial charge in [0, 0.05) is 30.7 Å². The van der Waals surface area contributed by atoms with E-state index >= 15 is 0 Å². The molecule has 17 heteroatoms. The average molecular weight is 599 g/mol. The van der Waals surface area contributed by atoms with Gasteiger partial charge in [0.25, 0.3) is 17.2 Å². The van der Waals surface area contributed by atoms with Crippen LogP contribution in [0.3, 0.4) is 0 Å². The third kappa shape index (κ3) is 11.6. The number of nitro benzene ring substituents is 2. The Morgan fingerprint density at radius 3 is 1.71 bits per heavy atom. The van der Waals surface area contributed by atoms with Crippen LogP contribution in [-0.2, 0) is 36.6 Å². The van der Waals surface area contributed by atoms with Crippen LogP contribution >= 0.6 is 0 Å². The third-order valence-electron chi connectivity index (χ3n) is 4.86. The molecule has 0 heterocycles. The van der Waals surface area contributed by atoms with Crippen molar-refractivity contribution < 1.29 is 48.1 Å². The van der Waals surface area contributed by atoms with E-state index in [4.69, 9.17) is 25.3 Å². The number of nitrogens with zero attached hydrogens (tertiary/aromatic N) is 6. The van der Waals surface area contributed by atoms with Crippen molar-refractivity contribution in [2.75, 3.05) is 0 Å². The van der Waals surface area contributed by atoms with E-state index in [2.05, 4.69) is 16.2 Å². The predicted octanol–water partition coefficient (Wildman–Crippen LogP) is 3.53. The molecule has 0 saturated carbocycles. The molecule has 0 spiro atoms. The molecular weight excluding hydrogens is 572 g/mol. The van der Waals surface area contributed by atoms with Crippen LogP contribution in [0.1, 0.15) is 17.5 Å². The van der Waals surface area contributed by atoms with Crippen LogP contribution in [0.25, 0.3) is 11.1 Å². The van der Waals surface area contributed by atoms with Crippen LogP contribution in [0.4, 0.5) is 11.4 Å². The molecule has 0 aliphatic carbocycles. The summed E-state index contributed by atoms with van der Waals surface area (Å²) in [6.07, 6.45) is 0.0344. The number of esters is 1. The Bertz CT molecular complexity index is 1470. The van der Waals surface area contributed by atoms with Crippen molar-refractivity contribution in [3.05, 3.63) is 103 Å². The first kappa shape index (κ1) is 34.4. The molecule has 2 rings (SSSR count). The number of rotatable bonds is 13. The summed E-state index contributed by atoms with van der Waals surface area (Å²) in [7, 11) is -2.01. The number of ether oxygens (including phenoxy) is 1. The summed E-state index contributed by atoms with van der Waals surface area (Å²) in [5.74, 6) is -3.36. The highest BCUT2D eigenvalue weighted by molar-refractivity contribution is 6.70. The van der Waals surface area contributed by atoms with Gasteiger partial charge in [0.1, 0.15) is 6.61 Å². The molecule has 0 aliphatic rings. The van der Waals surface area contributed by atoms with Gasteiger partial charge >= 0.3 is 23.4 Å². The Morgan fingerprint density at radius 2 is 1.33 bits per heavy atom. The number of aryl methyl sites for hydroxylation is 1. The van der Waals surface area contributed by atoms with E-state index in [1.807, 2.05) is 19.6 Å². The topological polar surface area (TPSA) is 249 Å². The summed E-state index contributed by atoms with van der Waals surface area (Å²) in [4.78, 5) is 59.0. The van der Waals surface area contributed by atoms with Crippen LogP contribution in [0.2, 0.25) is 19.6 Å². The van der Waals surface area contributed by atoms with E-state index in [0.29, 0.717) is 11.1 Å². The van der Waals surface area contributed by atoms with Gasteiger partial charge in [-0.2, -0.15) is 9.58 Å². The highest BCUT2D eigenvalue weighted by Gasteiger charge is 2.31. The summed E-state index contributed by atoms with van der Waals surface area (Å²) in [5, 5.41) is 29.5. The number of hydrogen-bond acceptors (Lipinski definition) is 9. The van der Waals surface area contributed by atoms with Crippen LogP contribution in [0.15, 0.2) is 60.9 Å². The molecule has 0 saturated heterocycles. The number of carboxylic acid groups (broad SMARTS) is 1. The monoisotopic (exact) mass is 598 g/mol. The molecule has 0 amide bonds. The molecule has 2 aromatic rings. The summed E-state index contributed by atoms with van der Waals surface area (Å²) in [5.41, 5.74) is 17.0. The van der Waals surface area contributed by atoms with Gasteiger partial charge < -0.3 is 25.3 Å². The van der Waals surface area contributed by atoms with Crippen molar-refractivity contribution in [1.82, 2.24) is 0 Å². The number of non-ortho nitro benzene ring substituents is 2. The molecule has 0 radical (unpaired) electrons. The lowest BCUT2D eigenvalue weighted by atomic mass is 10.0. The second kappa shape index (κ2) is 15.8. The molecule has 0 unspecified atom stereocenters. The van der Waals surface area contributed by atoms with E-state index in [0.717, 1.165) is 0 Å². The maximum absolute atomic E-state index is 11.9. The van der Waals surface area contributed by atoms with Crippen molar-refractivity contribution in [2.24, 2.45) is 0 Å². The molecule has 0 aromatic heterocycles. The van der Waals surface area contributed by atoms with Crippen LogP contribution in [-0.4, -0.2) is 62.0 Å². The summed E-state index contributed by atoms with van der Waals surface area (Å²) in [6, 6.07) is 11.1. The van der Waals surface area contributed by atoms with Gasteiger partial charge in [-0.3, -0.25) is 25.0 Å². The van der Waals surface area contributed by atoms with Crippen molar-refractivity contribution in [3.8, 4) is 0 Å². The lowest BCUT2D eigenvalue weighted by Gasteiger charge is -2.18. The molecule has 0 aliphatic heterocycles. The van der Waals surface area contributed by atoms with E-state index in [9.17, 15) is 34.6 Å². The molecular formula is C25H26N6O10Si. The molecule has 0 fully saturated rings. The standard InChI is InChI=1S/C14H17N3O5Si.C11H9N3O5/c1-10(22-23(2,3)4)13(16-15)14(18)21-9-11-5-7-12(8-6-11)17(19)20;12-13-10(11(16)17)9(15)6-3-7-1-4-8(5-2-7)14(18)19/h5-8H,1,9H2,2-4H3;1-2,4-5H,3,6H2,(H,16,17). The highest BCUT2D eigenvalue weighted by atomic mass is 28.4. The Hall–Kier alpha value is -5.63. The van der Waals surface area contributed by atoms with Crippen LogP contribution in [0.5, 0.6) is 0 Å². The second-order valence-corrected chi connectivity index (χ2v) is 13.6. The number of hydrogen-bond donors (Lipinski definition) is 1. The first-order valence-corrected chi connectivity index (χ1v) is 15.2. The average Bonchev–Trinajstić information content (AvgIpc) is 2.91. The zero-order chi connectivity index (χ0) is 32.0. The minimum absolute atomic E-state index is 0.0552. The van der Waals surface area contributed by atoms with Crippen molar-refractivity contribution >= 4 is 48.8 Å². The minimum atomic E-state index is -2.01. The second-order valence-electron chi connectivity index (χ2n) is 9.19. The number of Topliss-reactive ketones (excluding diaryl/α,β-unsaturated/α-hetero) is 1. The van der Waals surface area contributed by atoms with Gasteiger partial charge in [-0.05, 0) is 55.9 Å². The third-order valence-corrected chi connectivity index (χ3v) is 5.72. The van der Waals surface area contributed by atoms with E-state index in [1.165, 1.54) is 48.5 Å². The largest absolute Gasteiger partial charge is 0.539 e. The van der Waals surface area contributed by atoms with Crippen molar-refractivity contribution in [1.29, 1.82) is 0 Å². The van der Waals surface area contributed by atoms with E-state index < -0.39 is 47.3 Å². The Kier molecular flexibility index (Phi) is 13.0. The van der Waals surface area contributed by atoms with Crippen molar-refractivity contribution in [2.45, 2.75) is 39.1 Å². The molecule has 42 heavy (non-hydrogen) atoms. The smallest absolute Gasteiger partial charge is 0.441 e. The number of ketones is 1. The number of carboxylic acids is 1. The summed E-state index contributed by atoms with van der Waals surface area (Å²) >= 11 is 0. The van der Waals surface area contributed by atoms with Crippen LogP contribution in [0, 0.1) is 20.2 Å². The normalized spacial score (nSPS) is 9.98. The number of carbonyl (C=O) groups is 3. The zero-order valence-corrected chi connectivity index (χ0v) is 23.8. The van der Waals surface area contributed by atoms with Gasteiger partial charge in [0.15, 0.2) is 5.76 Å². The number of nitro groups is 2. The lowest BCUT2D eigenvalue weighted by molar-refractivity contribution is -0.385. The number of carbonyl (C=O) groups excluding carboxylic acids is 2. The van der Waals surface area contributed by atoms with Crippen LogP contribution < -0.4 is 0 Å². The molecule has 1 N–H and O–H groups in total. The van der Waals surface area contributed by atoms with Gasteiger partial charge in [0.2, 0.25) is 8.32 Å². The number of benzene rings is 2. The van der Waals surface area contributed by atoms with E-state index in [-0.39, 0.29) is 36.6 Å². The first-order chi connectivity index (χ1) is 19.6. The molecule has 0 atom stereocenters. The fraction of sp³-hybridized carbons (Fsp3) is 0.240. The van der Waals surface area contributed by atoms with Gasteiger partial charge in [-0.1, -0.05) is 12.1 Å². The minimum Gasteiger partial charge on any atom is -0.539 e. The van der Waals surface area contributed by atoms with Crippen molar-refractivity contribution in [3.63, 3.8) is 0 Å². The first-order valence-electron chi connectivity index (χ1n) is 11.8. The lowest BCUT2D eigenvalue weighted by Crippen LogP contribution is -2.30. The Balaban J connectivity index is 0.000000428. The van der Waals surface area contributed by atoms with Gasteiger partial charge in [-0.15, -0.1) is 0 Å². The number of aliphatic carboxylic acids is 1. The fourth-order valence-corrected chi connectivity index (χ4v) is 3.77. The Morgan fingerprint density at radius 1 is 0.881 bits per heavy atom. The summed E-state index contributed by atoms with van der Waals surface area (Å²) in [6.45, 7) is 9.09. The zero-order valence-electron chi connectivity index (χ0n) is 22.8. The van der Waals surface area contributed by atoms with E-state index in [1.54, 1.807) is 0 Å². The highest BCUT2D eigenvalue weighted by Crippen LogP contribution is 2.15. The molecule has 16 nitrogen and oxygen atoms in total. The molecule has 2 aromatic carbocycles. The SMILES string of the molecule is C=C(O[Si](C)(C)C)C(=[N+]=[N-])C(=O)OCc1ccc([N+](=O)[O-])cc1.[N-]=[N+]=C(C(=O)O)C(=O)CCc1ccc([N+](=O)[O-])cc1. The molecule has 0 bridgehead atoms. The Labute approximate surface area is 239 Å². The maximum Gasteiger partial charge on any atom is 0.441 e. The van der Waals surface area contributed by atoms with Gasteiger partial charge in [-0.25, -0.2) is 9.59 Å². The maximum atomic E-state index is 11.9. The predicted molar refractivity (Wildman–Crippen MR) is 148 cm³/mol. The summed E-state index contributed by atoms with van der Waals surface area (Å²) < 4.78 is 10.5. The fourth-order valence-electron chi connectivity index (χ4n) is 2.94. The molecule has 220 valence electrons.